The third-order valence-corrected chi connectivity index (χ3v) is 7.84. The molecule has 1 amide bonds. The number of hydrogen-bond donors (Lipinski definition) is 1. The van der Waals surface area contributed by atoms with E-state index in [1.54, 1.807) is 22.5 Å². The van der Waals surface area contributed by atoms with Gasteiger partial charge in [0.1, 0.15) is 0 Å². The SMILES string of the molecule is CC1CCCCN1S(=O)(=O)c1cccc(C(=O)NCCCN2CCCCC2)c1. The lowest BCUT2D eigenvalue weighted by atomic mass is 10.1. The van der Waals surface area contributed by atoms with E-state index in [0.29, 0.717) is 18.7 Å². The molecule has 1 aromatic rings. The van der Waals surface area contributed by atoms with Crippen LogP contribution in [0.3, 0.4) is 0 Å². The van der Waals surface area contributed by atoms with Crippen molar-refractivity contribution in [2.45, 2.75) is 62.8 Å². The molecule has 0 aliphatic carbocycles. The Labute approximate surface area is 169 Å². The summed E-state index contributed by atoms with van der Waals surface area (Å²) in [6.45, 7) is 6.43. The number of benzene rings is 1. The molecule has 1 aromatic carbocycles. The van der Waals surface area contributed by atoms with Gasteiger partial charge in [-0.2, -0.15) is 4.31 Å². The third-order valence-electron chi connectivity index (χ3n) is 5.83. The number of carbonyl (C=O) groups is 1. The van der Waals surface area contributed by atoms with Gasteiger partial charge in [-0.1, -0.05) is 18.9 Å². The zero-order valence-electron chi connectivity index (χ0n) is 16.9. The van der Waals surface area contributed by atoms with Gasteiger partial charge in [-0.15, -0.1) is 0 Å². The number of sulfonamides is 1. The van der Waals surface area contributed by atoms with Crippen LogP contribution in [-0.4, -0.2) is 62.3 Å². The fourth-order valence-corrected chi connectivity index (χ4v) is 5.90. The molecule has 28 heavy (non-hydrogen) atoms. The van der Waals surface area contributed by atoms with Crippen LogP contribution in [0.25, 0.3) is 0 Å². The molecule has 7 heteroatoms. The Kier molecular flexibility index (Phi) is 7.48. The second-order valence-electron chi connectivity index (χ2n) is 8.00. The molecule has 0 spiro atoms. The lowest BCUT2D eigenvalue weighted by Crippen LogP contribution is -2.42. The van der Waals surface area contributed by atoms with E-state index < -0.39 is 10.0 Å². The highest BCUT2D eigenvalue weighted by Crippen LogP contribution is 2.25. The molecule has 0 aromatic heterocycles. The molecule has 2 saturated heterocycles. The van der Waals surface area contributed by atoms with Crippen molar-refractivity contribution in [3.8, 4) is 0 Å². The molecular formula is C21H33N3O3S. The molecule has 1 unspecified atom stereocenters. The van der Waals surface area contributed by atoms with E-state index in [9.17, 15) is 13.2 Å². The average Bonchev–Trinajstić information content (AvgIpc) is 2.72. The standard InChI is InChI=1S/C21H33N3O3S/c1-18-9-3-6-16-24(18)28(26,27)20-11-7-10-19(17-20)21(25)22-12-8-15-23-13-4-2-5-14-23/h7,10-11,17-18H,2-6,8-9,12-16H2,1H3,(H,22,25). The molecule has 3 rings (SSSR count). The van der Waals surface area contributed by atoms with Crippen molar-refractivity contribution in [3.05, 3.63) is 29.8 Å². The Morgan fingerprint density at radius 2 is 1.86 bits per heavy atom. The maximum Gasteiger partial charge on any atom is 0.251 e. The van der Waals surface area contributed by atoms with Gasteiger partial charge >= 0.3 is 0 Å². The fourth-order valence-electron chi connectivity index (χ4n) is 4.15. The van der Waals surface area contributed by atoms with E-state index in [2.05, 4.69) is 10.2 Å². The van der Waals surface area contributed by atoms with Crippen LogP contribution < -0.4 is 5.32 Å². The largest absolute Gasteiger partial charge is 0.352 e. The van der Waals surface area contributed by atoms with Crippen molar-refractivity contribution in [1.82, 2.24) is 14.5 Å². The normalized spacial score (nSPS) is 22.1. The molecule has 2 aliphatic rings. The summed E-state index contributed by atoms with van der Waals surface area (Å²) in [5.41, 5.74) is 0.406. The minimum absolute atomic E-state index is 0.00557. The predicted molar refractivity (Wildman–Crippen MR) is 111 cm³/mol. The van der Waals surface area contributed by atoms with E-state index in [1.807, 2.05) is 6.92 Å². The van der Waals surface area contributed by atoms with Gasteiger partial charge in [-0.05, 0) is 76.9 Å². The summed E-state index contributed by atoms with van der Waals surface area (Å²) in [6, 6.07) is 6.44. The van der Waals surface area contributed by atoms with Gasteiger partial charge in [-0.25, -0.2) is 8.42 Å². The molecule has 6 nitrogen and oxygen atoms in total. The van der Waals surface area contributed by atoms with Gasteiger partial charge in [0, 0.05) is 24.7 Å². The number of rotatable bonds is 7. The molecule has 2 heterocycles. The summed E-state index contributed by atoms with van der Waals surface area (Å²) in [5, 5.41) is 2.93. The summed E-state index contributed by atoms with van der Waals surface area (Å²) in [4.78, 5) is 15.1. The number of piperidine rings is 2. The van der Waals surface area contributed by atoms with Gasteiger partial charge in [0.2, 0.25) is 10.0 Å². The first kappa shape index (κ1) is 21.3. The van der Waals surface area contributed by atoms with Crippen LogP contribution in [0, 0.1) is 0 Å². The second-order valence-corrected chi connectivity index (χ2v) is 9.89. The number of nitrogens with zero attached hydrogens (tertiary/aromatic N) is 2. The molecule has 2 aliphatic heterocycles. The maximum absolute atomic E-state index is 13.0. The topological polar surface area (TPSA) is 69.7 Å². The van der Waals surface area contributed by atoms with Crippen molar-refractivity contribution < 1.29 is 13.2 Å². The van der Waals surface area contributed by atoms with Gasteiger partial charge in [-0.3, -0.25) is 4.79 Å². The van der Waals surface area contributed by atoms with Gasteiger partial charge in [0.15, 0.2) is 0 Å². The summed E-state index contributed by atoms with van der Waals surface area (Å²) in [7, 11) is -3.56. The van der Waals surface area contributed by atoms with Crippen LogP contribution >= 0.6 is 0 Å². The van der Waals surface area contributed by atoms with Crippen LogP contribution in [0.4, 0.5) is 0 Å². The van der Waals surface area contributed by atoms with E-state index in [4.69, 9.17) is 0 Å². The molecule has 2 fully saturated rings. The highest BCUT2D eigenvalue weighted by molar-refractivity contribution is 7.89. The van der Waals surface area contributed by atoms with Gasteiger partial charge in [0.25, 0.3) is 5.91 Å². The Balaban J connectivity index is 1.56. The Bertz CT molecular complexity index is 760. The highest BCUT2D eigenvalue weighted by atomic mass is 32.2. The average molecular weight is 408 g/mol. The first-order chi connectivity index (χ1) is 13.5. The summed E-state index contributed by atoms with van der Waals surface area (Å²) in [6.07, 6.45) is 7.61. The monoisotopic (exact) mass is 407 g/mol. The molecule has 1 atom stereocenters. The molecular weight excluding hydrogens is 374 g/mol. The first-order valence-electron chi connectivity index (χ1n) is 10.6. The molecule has 156 valence electrons. The van der Waals surface area contributed by atoms with Crippen molar-refractivity contribution in [3.63, 3.8) is 0 Å². The van der Waals surface area contributed by atoms with Crippen molar-refractivity contribution >= 4 is 15.9 Å². The number of likely N-dealkylation sites (tertiary alicyclic amines) is 1. The van der Waals surface area contributed by atoms with Crippen LogP contribution in [0.2, 0.25) is 0 Å². The zero-order valence-corrected chi connectivity index (χ0v) is 17.7. The van der Waals surface area contributed by atoms with Crippen molar-refractivity contribution in [2.24, 2.45) is 0 Å². The van der Waals surface area contributed by atoms with Crippen molar-refractivity contribution in [2.75, 3.05) is 32.7 Å². The summed E-state index contributed by atoms with van der Waals surface area (Å²) < 4.78 is 27.6. The van der Waals surface area contributed by atoms with E-state index >= 15 is 0 Å². The Morgan fingerprint density at radius 3 is 2.61 bits per heavy atom. The van der Waals surface area contributed by atoms with Crippen LogP contribution in [0.15, 0.2) is 29.2 Å². The number of carbonyl (C=O) groups excluding carboxylic acids is 1. The molecule has 0 saturated carbocycles. The van der Waals surface area contributed by atoms with Crippen molar-refractivity contribution in [1.29, 1.82) is 0 Å². The second kappa shape index (κ2) is 9.85. The Hall–Kier alpha value is -1.44. The van der Waals surface area contributed by atoms with Gasteiger partial charge < -0.3 is 10.2 Å². The van der Waals surface area contributed by atoms with Crippen LogP contribution in [0.1, 0.15) is 62.2 Å². The quantitative estimate of drug-likeness (QED) is 0.706. The minimum atomic E-state index is -3.56. The zero-order chi connectivity index (χ0) is 20.0. The predicted octanol–water partition coefficient (Wildman–Crippen LogP) is 2.86. The molecule has 0 bridgehead atoms. The smallest absolute Gasteiger partial charge is 0.251 e. The summed E-state index contributed by atoms with van der Waals surface area (Å²) >= 11 is 0. The number of amides is 1. The van der Waals surface area contributed by atoms with E-state index in [1.165, 1.54) is 25.3 Å². The van der Waals surface area contributed by atoms with Crippen LogP contribution in [-0.2, 0) is 10.0 Å². The number of hydrogen-bond acceptors (Lipinski definition) is 4. The van der Waals surface area contributed by atoms with Gasteiger partial charge in [0.05, 0.1) is 4.90 Å². The highest BCUT2D eigenvalue weighted by Gasteiger charge is 2.31. The number of nitrogens with one attached hydrogen (secondary N) is 1. The minimum Gasteiger partial charge on any atom is -0.352 e. The van der Waals surface area contributed by atoms with E-state index in [0.717, 1.165) is 45.3 Å². The maximum atomic E-state index is 13.0. The fraction of sp³-hybridized carbons (Fsp3) is 0.667. The molecule has 0 radical (unpaired) electrons. The lowest BCUT2D eigenvalue weighted by Gasteiger charge is -2.32. The first-order valence-corrected chi connectivity index (χ1v) is 12.0. The van der Waals surface area contributed by atoms with Crippen LogP contribution in [0.5, 0.6) is 0 Å². The van der Waals surface area contributed by atoms with E-state index in [-0.39, 0.29) is 16.8 Å². The lowest BCUT2D eigenvalue weighted by molar-refractivity contribution is 0.0951. The summed E-state index contributed by atoms with van der Waals surface area (Å²) in [5.74, 6) is -0.206. The molecule has 1 N–H and O–H groups in total. The Morgan fingerprint density at radius 1 is 1.11 bits per heavy atom. The third kappa shape index (κ3) is 5.33.